The largest absolute Gasteiger partial charge is 0.348 e. The lowest BCUT2D eigenvalue weighted by atomic mass is 10.1. The Labute approximate surface area is 186 Å². The highest BCUT2D eigenvalue weighted by molar-refractivity contribution is 7.92. The van der Waals surface area contributed by atoms with Gasteiger partial charge in [0.2, 0.25) is 15.9 Å². The maximum Gasteiger partial charge on any atom is 0.244 e. The topological polar surface area (TPSA) is 88.2 Å². The first-order chi connectivity index (χ1) is 15.1. The number of hydrogen-bond acceptors (Lipinski definition) is 4. The van der Waals surface area contributed by atoms with Gasteiger partial charge in [0, 0.05) is 18.3 Å². The van der Waals surface area contributed by atoms with E-state index >= 15 is 0 Å². The van der Waals surface area contributed by atoms with Gasteiger partial charge in [-0.1, -0.05) is 25.8 Å². The summed E-state index contributed by atoms with van der Waals surface area (Å²) >= 11 is 0. The second kappa shape index (κ2) is 11.7. The van der Waals surface area contributed by atoms with E-state index in [0.29, 0.717) is 23.4 Å². The number of unbranched alkanes of at least 4 members (excludes halogenated alkanes) is 2. The van der Waals surface area contributed by atoms with Crippen LogP contribution in [0, 0.1) is 11.6 Å². The van der Waals surface area contributed by atoms with E-state index in [1.54, 1.807) is 22.9 Å². The first kappa shape index (κ1) is 25.4. The average molecular weight is 470 g/mol. The number of benzene rings is 1. The third kappa shape index (κ3) is 7.99. The Balaban J connectivity index is 2.05. The quantitative estimate of drug-likeness (QED) is 0.380. The molecule has 2 rings (SSSR count). The highest BCUT2D eigenvalue weighted by Gasteiger charge is 2.15. The van der Waals surface area contributed by atoms with Gasteiger partial charge in [-0.2, -0.15) is 0 Å². The van der Waals surface area contributed by atoms with E-state index in [4.69, 9.17) is 0 Å². The smallest absolute Gasteiger partial charge is 0.244 e. The third-order valence-electron chi connectivity index (χ3n) is 4.49. The lowest BCUT2D eigenvalue weighted by Gasteiger charge is -2.10. The summed E-state index contributed by atoms with van der Waals surface area (Å²) in [5.41, 5.74) is 1.07. The van der Waals surface area contributed by atoms with Crippen LogP contribution in [0.4, 0.5) is 18.9 Å². The van der Waals surface area contributed by atoms with Gasteiger partial charge in [0.25, 0.3) is 0 Å². The molecule has 0 unspecified atom stereocenters. The van der Waals surface area contributed by atoms with Crippen molar-refractivity contribution in [1.29, 1.82) is 0 Å². The number of sulfonamides is 1. The second-order valence-electron chi connectivity index (χ2n) is 7.29. The van der Waals surface area contributed by atoms with Crippen LogP contribution < -0.4 is 10.0 Å². The molecule has 0 spiro atoms. The van der Waals surface area contributed by atoms with Crippen molar-refractivity contribution in [2.75, 3.05) is 11.0 Å². The summed E-state index contributed by atoms with van der Waals surface area (Å²) in [6.07, 6.45) is 7.21. The van der Waals surface area contributed by atoms with Crippen molar-refractivity contribution < 1.29 is 26.4 Å². The molecule has 2 N–H and O–H groups in total. The zero-order chi connectivity index (χ0) is 23.7. The normalized spacial score (nSPS) is 11.7. The zero-order valence-corrected chi connectivity index (χ0v) is 18.7. The Morgan fingerprint density at radius 1 is 1.16 bits per heavy atom. The van der Waals surface area contributed by atoms with Crippen LogP contribution in [0.15, 0.2) is 30.3 Å². The Hall–Kier alpha value is -2.88. The fraction of sp³-hybridized carbons (Fsp3) is 0.364. The molecule has 32 heavy (non-hydrogen) atoms. The molecule has 1 amide bonds. The molecule has 0 saturated carbocycles. The summed E-state index contributed by atoms with van der Waals surface area (Å²) in [6.45, 7) is 1.24. The van der Waals surface area contributed by atoms with Crippen molar-refractivity contribution in [2.24, 2.45) is 0 Å². The first-order valence-electron chi connectivity index (χ1n) is 10.1. The molecule has 0 aliphatic heterocycles. The van der Waals surface area contributed by atoms with Crippen molar-refractivity contribution >= 4 is 27.7 Å². The Bertz CT molecular complexity index is 1070. The van der Waals surface area contributed by atoms with Gasteiger partial charge >= 0.3 is 0 Å². The predicted octanol–water partition coefficient (Wildman–Crippen LogP) is 4.26. The Morgan fingerprint density at radius 2 is 1.84 bits per heavy atom. The van der Waals surface area contributed by atoms with E-state index in [0.717, 1.165) is 37.7 Å². The molecule has 1 aromatic heterocycles. The monoisotopic (exact) mass is 469 g/mol. The molecule has 6 nitrogen and oxygen atoms in total. The zero-order valence-electron chi connectivity index (χ0n) is 17.9. The van der Waals surface area contributed by atoms with E-state index in [1.807, 2.05) is 0 Å². The van der Waals surface area contributed by atoms with Crippen LogP contribution >= 0.6 is 0 Å². The number of nitrogens with one attached hydrogen (secondary N) is 2. The van der Waals surface area contributed by atoms with E-state index in [1.165, 1.54) is 6.08 Å². The van der Waals surface area contributed by atoms with Crippen molar-refractivity contribution in [2.45, 2.75) is 45.8 Å². The molecule has 1 aromatic carbocycles. The number of pyridine rings is 1. The van der Waals surface area contributed by atoms with Crippen molar-refractivity contribution in [3.63, 3.8) is 0 Å². The number of anilines is 1. The van der Waals surface area contributed by atoms with Gasteiger partial charge in [-0.25, -0.2) is 21.6 Å². The maximum atomic E-state index is 14.0. The summed E-state index contributed by atoms with van der Waals surface area (Å²) in [7, 11) is -3.84. The van der Waals surface area contributed by atoms with Crippen LogP contribution in [-0.4, -0.2) is 25.6 Å². The molecular formula is C22H26F3N3O3S. The number of carbonyl (C=O) groups excluding carboxylic acids is 1. The van der Waals surface area contributed by atoms with Gasteiger partial charge in [0.15, 0.2) is 11.6 Å². The van der Waals surface area contributed by atoms with Gasteiger partial charge in [0.05, 0.1) is 11.9 Å². The predicted molar refractivity (Wildman–Crippen MR) is 118 cm³/mol. The summed E-state index contributed by atoms with van der Waals surface area (Å²) < 4.78 is 65.2. The molecule has 0 atom stereocenters. The molecule has 0 saturated heterocycles. The second-order valence-corrected chi connectivity index (χ2v) is 9.04. The molecule has 0 radical (unpaired) electrons. The minimum atomic E-state index is -3.84. The number of aromatic nitrogens is 1. The summed E-state index contributed by atoms with van der Waals surface area (Å²) in [6, 6.07) is 5.13. The van der Waals surface area contributed by atoms with Crippen molar-refractivity contribution in [3.05, 3.63) is 64.5 Å². The molecular weight excluding hydrogens is 443 g/mol. The van der Waals surface area contributed by atoms with E-state index in [9.17, 15) is 26.4 Å². The molecule has 0 bridgehead atoms. The van der Waals surface area contributed by atoms with Gasteiger partial charge in [-0.3, -0.25) is 14.5 Å². The SMILES string of the molecule is CCCCCc1nc(CF)ccc1/C=C/C(=O)NCc1cc(F)c(NS(C)(=O)=O)c(F)c1. The molecule has 2 aromatic rings. The average Bonchev–Trinajstić information content (AvgIpc) is 2.73. The lowest BCUT2D eigenvalue weighted by molar-refractivity contribution is -0.116. The molecule has 10 heteroatoms. The first-order valence-corrected chi connectivity index (χ1v) is 12.0. The molecule has 0 fully saturated rings. The van der Waals surface area contributed by atoms with Crippen LogP contribution in [0.5, 0.6) is 0 Å². The van der Waals surface area contributed by atoms with Gasteiger partial charge < -0.3 is 5.32 Å². The Kier molecular flexibility index (Phi) is 9.25. The number of amides is 1. The molecule has 0 aliphatic carbocycles. The number of alkyl halides is 1. The maximum absolute atomic E-state index is 14.0. The van der Waals surface area contributed by atoms with Crippen LogP contribution in [0.25, 0.3) is 6.08 Å². The lowest BCUT2D eigenvalue weighted by Crippen LogP contribution is -2.21. The van der Waals surface area contributed by atoms with Crippen LogP contribution in [0.1, 0.15) is 48.7 Å². The number of aryl methyl sites for hydroxylation is 1. The highest BCUT2D eigenvalue weighted by atomic mass is 32.2. The fourth-order valence-corrected chi connectivity index (χ4v) is 3.52. The van der Waals surface area contributed by atoms with E-state index < -0.39 is 39.9 Å². The van der Waals surface area contributed by atoms with Gasteiger partial charge in [-0.15, -0.1) is 0 Å². The minimum absolute atomic E-state index is 0.120. The van der Waals surface area contributed by atoms with Crippen molar-refractivity contribution in [3.8, 4) is 0 Å². The Morgan fingerprint density at radius 3 is 2.44 bits per heavy atom. The van der Waals surface area contributed by atoms with Gasteiger partial charge in [0.1, 0.15) is 12.4 Å². The van der Waals surface area contributed by atoms with E-state index in [2.05, 4.69) is 17.2 Å². The third-order valence-corrected chi connectivity index (χ3v) is 5.07. The van der Waals surface area contributed by atoms with E-state index in [-0.39, 0.29) is 12.1 Å². The number of rotatable bonds is 11. The summed E-state index contributed by atoms with van der Waals surface area (Å²) in [5.74, 6) is -2.69. The summed E-state index contributed by atoms with van der Waals surface area (Å²) in [4.78, 5) is 16.4. The minimum Gasteiger partial charge on any atom is -0.348 e. The number of halogens is 3. The molecule has 1 heterocycles. The highest BCUT2D eigenvalue weighted by Crippen LogP contribution is 2.22. The van der Waals surface area contributed by atoms with Crippen LogP contribution in [0.3, 0.4) is 0 Å². The van der Waals surface area contributed by atoms with Crippen LogP contribution in [0.2, 0.25) is 0 Å². The fourth-order valence-electron chi connectivity index (χ4n) is 2.95. The number of hydrogen-bond donors (Lipinski definition) is 2. The van der Waals surface area contributed by atoms with Gasteiger partial charge in [-0.05, 0) is 48.2 Å². The molecule has 0 aliphatic rings. The van der Waals surface area contributed by atoms with Crippen molar-refractivity contribution in [1.82, 2.24) is 10.3 Å². The summed E-state index contributed by atoms with van der Waals surface area (Å²) in [5, 5.41) is 2.51. The number of carbonyl (C=O) groups is 1. The number of nitrogens with zero attached hydrogens (tertiary/aromatic N) is 1. The standard InChI is InChI=1S/C22H26F3N3O3S/c1-3-4-5-6-20-16(7-9-17(13-23)27-20)8-10-21(29)26-14-15-11-18(24)22(19(25)12-15)28-32(2,30)31/h7-12,28H,3-6,13-14H2,1-2H3,(H,26,29)/b10-8+. The molecule has 174 valence electrons. The van der Waals surface area contributed by atoms with Crippen LogP contribution in [-0.2, 0) is 34.5 Å².